The zero-order chi connectivity index (χ0) is 15.2. The number of hydrogen-bond donors (Lipinski definition) is 2. The molecule has 21 heavy (non-hydrogen) atoms. The molecular formula is C16H27N3OS. The molecule has 1 aliphatic rings. The SMILES string of the molecule is CC(C)C(NC(=O)CN1CCCC(CN)C1)c1cccs1. The van der Waals surface area contributed by atoms with Gasteiger partial charge in [0.2, 0.25) is 5.91 Å². The van der Waals surface area contributed by atoms with Gasteiger partial charge in [0.15, 0.2) is 0 Å². The molecule has 1 aromatic heterocycles. The van der Waals surface area contributed by atoms with E-state index in [-0.39, 0.29) is 11.9 Å². The predicted molar refractivity (Wildman–Crippen MR) is 88.3 cm³/mol. The molecule has 2 rings (SSSR count). The lowest BCUT2D eigenvalue weighted by Crippen LogP contribution is -2.45. The molecule has 0 radical (unpaired) electrons. The van der Waals surface area contributed by atoms with Gasteiger partial charge in [-0.25, -0.2) is 0 Å². The van der Waals surface area contributed by atoms with E-state index in [2.05, 4.69) is 35.5 Å². The van der Waals surface area contributed by atoms with Crippen LogP contribution in [-0.2, 0) is 4.79 Å². The molecule has 0 spiro atoms. The number of nitrogens with one attached hydrogen (secondary N) is 1. The lowest BCUT2D eigenvalue weighted by molar-refractivity contribution is -0.123. The Morgan fingerprint density at radius 3 is 3.00 bits per heavy atom. The van der Waals surface area contributed by atoms with Crippen LogP contribution in [-0.4, -0.2) is 37.0 Å². The second-order valence-corrected chi connectivity index (χ2v) is 7.26. The molecule has 2 atom stereocenters. The average Bonchev–Trinajstić information content (AvgIpc) is 2.98. The molecule has 0 aliphatic carbocycles. The van der Waals surface area contributed by atoms with Crippen LogP contribution in [0.25, 0.3) is 0 Å². The first-order chi connectivity index (χ1) is 10.1. The van der Waals surface area contributed by atoms with Crippen molar-refractivity contribution in [2.24, 2.45) is 17.6 Å². The van der Waals surface area contributed by atoms with Gasteiger partial charge in [-0.1, -0.05) is 19.9 Å². The fourth-order valence-corrected chi connectivity index (χ4v) is 3.89. The number of likely N-dealkylation sites (tertiary alicyclic amines) is 1. The molecule has 2 heterocycles. The van der Waals surface area contributed by atoms with Gasteiger partial charge in [-0.2, -0.15) is 0 Å². The molecule has 1 aromatic rings. The van der Waals surface area contributed by atoms with Gasteiger partial charge < -0.3 is 11.1 Å². The van der Waals surface area contributed by atoms with Crippen molar-refractivity contribution in [2.45, 2.75) is 32.7 Å². The highest BCUT2D eigenvalue weighted by atomic mass is 32.1. The van der Waals surface area contributed by atoms with Crippen LogP contribution >= 0.6 is 11.3 Å². The summed E-state index contributed by atoms with van der Waals surface area (Å²) in [5.74, 6) is 1.07. The van der Waals surface area contributed by atoms with Gasteiger partial charge in [0.05, 0.1) is 12.6 Å². The summed E-state index contributed by atoms with van der Waals surface area (Å²) in [5.41, 5.74) is 5.76. The fourth-order valence-electron chi connectivity index (χ4n) is 2.94. The minimum Gasteiger partial charge on any atom is -0.347 e. The molecule has 5 heteroatoms. The Bertz CT molecular complexity index is 433. The smallest absolute Gasteiger partial charge is 0.234 e. The Balaban J connectivity index is 1.88. The van der Waals surface area contributed by atoms with Crippen LogP contribution in [0.4, 0.5) is 0 Å². The summed E-state index contributed by atoms with van der Waals surface area (Å²) in [6.45, 7) is 7.48. The number of piperidine rings is 1. The average molecular weight is 309 g/mol. The van der Waals surface area contributed by atoms with Crippen LogP contribution in [0.1, 0.15) is 37.6 Å². The fraction of sp³-hybridized carbons (Fsp3) is 0.688. The largest absolute Gasteiger partial charge is 0.347 e. The third-order valence-corrected chi connectivity index (χ3v) is 5.09. The zero-order valence-corrected chi connectivity index (χ0v) is 13.9. The van der Waals surface area contributed by atoms with Crippen molar-refractivity contribution in [3.63, 3.8) is 0 Å². The maximum atomic E-state index is 12.3. The number of nitrogens with zero attached hydrogens (tertiary/aromatic N) is 1. The van der Waals surface area contributed by atoms with E-state index in [1.54, 1.807) is 11.3 Å². The van der Waals surface area contributed by atoms with Crippen LogP contribution in [0.5, 0.6) is 0 Å². The molecule has 118 valence electrons. The number of amides is 1. The predicted octanol–water partition coefficient (Wildman–Crippen LogP) is 2.23. The van der Waals surface area contributed by atoms with E-state index in [0.29, 0.717) is 18.4 Å². The third-order valence-electron chi connectivity index (χ3n) is 4.14. The Kier molecular flexibility index (Phi) is 6.21. The van der Waals surface area contributed by atoms with Crippen molar-refractivity contribution in [3.8, 4) is 0 Å². The van der Waals surface area contributed by atoms with Gasteiger partial charge in [0, 0.05) is 11.4 Å². The Morgan fingerprint density at radius 2 is 2.38 bits per heavy atom. The number of nitrogens with two attached hydrogens (primary N) is 1. The van der Waals surface area contributed by atoms with Crippen molar-refractivity contribution < 1.29 is 4.79 Å². The Hall–Kier alpha value is -0.910. The molecule has 1 fully saturated rings. The van der Waals surface area contributed by atoms with E-state index >= 15 is 0 Å². The van der Waals surface area contributed by atoms with Crippen LogP contribution < -0.4 is 11.1 Å². The number of thiophene rings is 1. The summed E-state index contributed by atoms with van der Waals surface area (Å²) in [7, 11) is 0. The first-order valence-electron chi connectivity index (χ1n) is 7.85. The Morgan fingerprint density at radius 1 is 1.57 bits per heavy atom. The molecule has 1 saturated heterocycles. The normalized spacial score (nSPS) is 21.4. The van der Waals surface area contributed by atoms with Crippen molar-refractivity contribution >= 4 is 17.2 Å². The summed E-state index contributed by atoms with van der Waals surface area (Å²) in [6, 6.07) is 4.26. The van der Waals surface area contributed by atoms with Gasteiger partial charge in [0.1, 0.15) is 0 Å². The third kappa shape index (κ3) is 4.80. The minimum atomic E-state index is 0.118. The molecule has 0 saturated carbocycles. The van der Waals surface area contributed by atoms with Crippen molar-refractivity contribution in [1.82, 2.24) is 10.2 Å². The van der Waals surface area contributed by atoms with E-state index in [1.165, 1.54) is 11.3 Å². The standard InChI is InChI=1S/C16H27N3OS/c1-12(2)16(14-6-4-8-21-14)18-15(20)11-19-7-3-5-13(9-17)10-19/h4,6,8,12-13,16H,3,5,7,9-11,17H2,1-2H3,(H,18,20). The molecule has 3 N–H and O–H groups in total. The first kappa shape index (κ1) is 16.5. The maximum Gasteiger partial charge on any atom is 0.234 e. The van der Waals surface area contributed by atoms with Gasteiger partial charge in [-0.05, 0) is 49.2 Å². The molecule has 2 unspecified atom stereocenters. The van der Waals surface area contributed by atoms with E-state index in [9.17, 15) is 4.79 Å². The van der Waals surface area contributed by atoms with Gasteiger partial charge in [0.25, 0.3) is 0 Å². The molecule has 0 bridgehead atoms. The highest BCUT2D eigenvalue weighted by Gasteiger charge is 2.23. The van der Waals surface area contributed by atoms with Gasteiger partial charge >= 0.3 is 0 Å². The first-order valence-corrected chi connectivity index (χ1v) is 8.73. The number of rotatable bonds is 6. The van der Waals surface area contributed by atoms with E-state index in [0.717, 1.165) is 26.1 Å². The number of carbonyl (C=O) groups is 1. The Labute approximate surface area is 131 Å². The van der Waals surface area contributed by atoms with Crippen LogP contribution in [0, 0.1) is 11.8 Å². The minimum absolute atomic E-state index is 0.118. The second kappa shape index (κ2) is 7.92. The van der Waals surface area contributed by atoms with Crippen LogP contribution in [0.2, 0.25) is 0 Å². The van der Waals surface area contributed by atoms with Crippen molar-refractivity contribution in [1.29, 1.82) is 0 Å². The highest BCUT2D eigenvalue weighted by molar-refractivity contribution is 7.10. The molecule has 4 nitrogen and oxygen atoms in total. The summed E-state index contributed by atoms with van der Waals surface area (Å²) < 4.78 is 0. The molecule has 0 aromatic carbocycles. The van der Waals surface area contributed by atoms with Crippen molar-refractivity contribution in [3.05, 3.63) is 22.4 Å². The number of hydrogen-bond acceptors (Lipinski definition) is 4. The zero-order valence-electron chi connectivity index (χ0n) is 13.0. The van der Waals surface area contributed by atoms with Crippen LogP contribution in [0.3, 0.4) is 0 Å². The summed E-state index contributed by atoms with van der Waals surface area (Å²) in [4.78, 5) is 15.8. The maximum absolute atomic E-state index is 12.3. The topological polar surface area (TPSA) is 58.4 Å². The van der Waals surface area contributed by atoms with E-state index in [4.69, 9.17) is 5.73 Å². The summed E-state index contributed by atoms with van der Waals surface area (Å²) in [5, 5.41) is 5.26. The van der Waals surface area contributed by atoms with E-state index < -0.39 is 0 Å². The number of carbonyl (C=O) groups excluding carboxylic acids is 1. The summed E-state index contributed by atoms with van der Waals surface area (Å²) in [6.07, 6.45) is 2.34. The molecular weight excluding hydrogens is 282 g/mol. The molecule has 1 amide bonds. The lowest BCUT2D eigenvalue weighted by Gasteiger charge is -2.32. The van der Waals surface area contributed by atoms with E-state index in [1.807, 2.05) is 6.07 Å². The monoisotopic (exact) mass is 309 g/mol. The molecule has 1 aliphatic heterocycles. The second-order valence-electron chi connectivity index (χ2n) is 6.28. The highest BCUT2D eigenvalue weighted by Crippen LogP contribution is 2.25. The summed E-state index contributed by atoms with van der Waals surface area (Å²) >= 11 is 1.71. The van der Waals surface area contributed by atoms with Crippen molar-refractivity contribution in [2.75, 3.05) is 26.2 Å². The van der Waals surface area contributed by atoms with Gasteiger partial charge in [-0.3, -0.25) is 9.69 Å². The van der Waals surface area contributed by atoms with Gasteiger partial charge in [-0.15, -0.1) is 11.3 Å². The van der Waals surface area contributed by atoms with Crippen LogP contribution in [0.15, 0.2) is 17.5 Å². The lowest BCUT2D eigenvalue weighted by atomic mass is 9.98. The quantitative estimate of drug-likeness (QED) is 0.847.